The Kier molecular flexibility index (Phi) is 8.85. The summed E-state index contributed by atoms with van der Waals surface area (Å²) in [6.07, 6.45) is 9.98. The van der Waals surface area contributed by atoms with Crippen LogP contribution in [0, 0.1) is 17.6 Å². The second-order valence-corrected chi connectivity index (χ2v) is 8.65. The molecule has 2 rings (SSSR count). The molecule has 1 aliphatic heterocycles. The van der Waals surface area contributed by atoms with Crippen LogP contribution < -0.4 is 0 Å². The van der Waals surface area contributed by atoms with Gasteiger partial charge in [-0.1, -0.05) is 37.8 Å². The van der Waals surface area contributed by atoms with Gasteiger partial charge in [-0.2, -0.15) is 0 Å². The molecule has 0 N–H and O–H groups in total. The van der Waals surface area contributed by atoms with Gasteiger partial charge >= 0.3 is 0 Å². The third-order valence-corrected chi connectivity index (χ3v) is 6.21. The van der Waals surface area contributed by atoms with Gasteiger partial charge in [-0.3, -0.25) is 0 Å². The van der Waals surface area contributed by atoms with E-state index in [0.29, 0.717) is 17.7 Å². The average molecular weight is 427 g/mol. The van der Waals surface area contributed by atoms with E-state index in [4.69, 9.17) is 0 Å². The van der Waals surface area contributed by atoms with Crippen LogP contribution in [0.15, 0.2) is 60.5 Å². The van der Waals surface area contributed by atoms with Crippen LogP contribution in [-0.2, 0) is 0 Å². The van der Waals surface area contributed by atoms with Crippen LogP contribution in [0.1, 0.15) is 51.7 Å². The summed E-state index contributed by atoms with van der Waals surface area (Å²) in [5, 5.41) is 0. The molecule has 31 heavy (non-hydrogen) atoms. The normalized spacial score (nSPS) is 16.5. The lowest BCUT2D eigenvalue weighted by molar-refractivity contribution is 0.244. The molecule has 1 saturated heterocycles. The average Bonchev–Trinajstić information content (AvgIpc) is 2.73. The molecule has 0 bridgehead atoms. The summed E-state index contributed by atoms with van der Waals surface area (Å²) in [5.41, 5.74) is 4.10. The van der Waals surface area contributed by atoms with Crippen LogP contribution in [-0.4, -0.2) is 36.5 Å². The van der Waals surface area contributed by atoms with Crippen molar-refractivity contribution in [2.24, 2.45) is 5.92 Å². The molecule has 0 spiro atoms. The van der Waals surface area contributed by atoms with Gasteiger partial charge in [0.2, 0.25) is 0 Å². The maximum absolute atomic E-state index is 14.5. The number of rotatable bonds is 8. The summed E-state index contributed by atoms with van der Waals surface area (Å²) < 4.78 is 28.9. The van der Waals surface area contributed by atoms with Crippen LogP contribution in [0.5, 0.6) is 0 Å². The van der Waals surface area contributed by atoms with Crippen molar-refractivity contribution >= 4 is 11.6 Å². The SMILES string of the molecule is C=Cc1cc(F)c(/C(C)=C(\C)CN(C)/C(C)=C/C=C\C(=C)N2CCC(C)CC2)c(F)c1. The van der Waals surface area contributed by atoms with Gasteiger partial charge in [0.25, 0.3) is 0 Å². The Morgan fingerprint density at radius 3 is 2.29 bits per heavy atom. The Morgan fingerprint density at radius 2 is 1.74 bits per heavy atom. The van der Waals surface area contributed by atoms with E-state index in [9.17, 15) is 8.78 Å². The van der Waals surface area contributed by atoms with Crippen molar-refractivity contribution in [3.63, 3.8) is 0 Å². The Balaban J connectivity index is 2.05. The fraction of sp³-hybridized carbons (Fsp3) is 0.407. The molecule has 4 heteroatoms. The Hall–Kier alpha value is -2.62. The zero-order valence-electron chi connectivity index (χ0n) is 19.6. The molecule has 168 valence electrons. The zero-order valence-corrected chi connectivity index (χ0v) is 19.6. The fourth-order valence-corrected chi connectivity index (χ4v) is 3.71. The molecule has 1 aliphatic rings. The molecule has 1 heterocycles. The molecule has 0 aromatic heterocycles. The summed E-state index contributed by atoms with van der Waals surface area (Å²) in [6, 6.07) is 2.63. The molecule has 2 nitrogen and oxygen atoms in total. The van der Waals surface area contributed by atoms with Crippen LogP contribution in [0.3, 0.4) is 0 Å². The number of nitrogens with zero attached hydrogens (tertiary/aromatic N) is 2. The standard InChI is InChI=1S/C27H36F2N2/c1-8-24-16-25(28)27(26(29)17-24)23(6)20(3)18-30(7)21(4)10-9-11-22(5)31-14-12-19(2)13-15-31/h8-11,16-17,19H,1,5,12-15,18H2,2-4,6-7H3/b11-9-,21-10+,23-20+. The van der Waals surface area contributed by atoms with Crippen molar-refractivity contribution in [2.75, 3.05) is 26.7 Å². The molecule has 0 aliphatic carbocycles. The first-order chi connectivity index (χ1) is 14.6. The van der Waals surface area contributed by atoms with E-state index in [1.165, 1.54) is 31.1 Å². The van der Waals surface area contributed by atoms with Crippen LogP contribution in [0.2, 0.25) is 0 Å². The van der Waals surface area contributed by atoms with E-state index in [1.54, 1.807) is 6.92 Å². The van der Waals surface area contributed by atoms with Gasteiger partial charge < -0.3 is 9.80 Å². The van der Waals surface area contributed by atoms with Gasteiger partial charge in [0, 0.05) is 43.6 Å². The largest absolute Gasteiger partial charge is 0.374 e. The summed E-state index contributed by atoms with van der Waals surface area (Å²) in [7, 11) is 1.98. The Morgan fingerprint density at radius 1 is 1.16 bits per heavy atom. The number of piperidine rings is 1. The molecule has 0 unspecified atom stereocenters. The number of halogens is 2. The fourth-order valence-electron chi connectivity index (χ4n) is 3.71. The lowest BCUT2D eigenvalue weighted by atomic mass is 9.99. The maximum Gasteiger partial charge on any atom is 0.134 e. The highest BCUT2D eigenvalue weighted by Crippen LogP contribution is 2.27. The first-order valence-electron chi connectivity index (χ1n) is 10.9. The lowest BCUT2D eigenvalue weighted by Crippen LogP contribution is -2.31. The van der Waals surface area contributed by atoms with Gasteiger partial charge in [-0.05, 0) is 75.0 Å². The highest BCUT2D eigenvalue weighted by Gasteiger charge is 2.16. The van der Waals surface area contributed by atoms with Gasteiger partial charge in [-0.25, -0.2) is 8.78 Å². The van der Waals surface area contributed by atoms with E-state index >= 15 is 0 Å². The summed E-state index contributed by atoms with van der Waals surface area (Å²) in [6.45, 7) is 18.5. The number of likely N-dealkylation sites (tertiary alicyclic amines) is 1. The smallest absolute Gasteiger partial charge is 0.134 e. The number of likely N-dealkylation sites (N-methyl/N-ethyl adjacent to an activating group) is 1. The molecular weight excluding hydrogens is 390 g/mol. The van der Waals surface area contributed by atoms with Crippen molar-refractivity contribution < 1.29 is 8.78 Å². The topological polar surface area (TPSA) is 6.48 Å². The highest BCUT2D eigenvalue weighted by atomic mass is 19.1. The Labute approximate surface area is 186 Å². The number of hydrogen-bond donors (Lipinski definition) is 0. The molecule has 0 amide bonds. The molecule has 1 aromatic rings. The minimum atomic E-state index is -0.560. The predicted octanol–water partition coefficient (Wildman–Crippen LogP) is 7.04. The quantitative estimate of drug-likeness (QED) is 0.411. The minimum absolute atomic E-state index is 0.0326. The van der Waals surface area contributed by atoms with E-state index in [-0.39, 0.29) is 5.56 Å². The summed E-state index contributed by atoms with van der Waals surface area (Å²) in [5.74, 6) is -0.323. The molecule has 0 radical (unpaired) electrons. The van der Waals surface area contributed by atoms with Crippen LogP contribution in [0.25, 0.3) is 11.6 Å². The minimum Gasteiger partial charge on any atom is -0.374 e. The number of hydrogen-bond acceptors (Lipinski definition) is 2. The first-order valence-corrected chi connectivity index (χ1v) is 10.9. The van der Waals surface area contributed by atoms with E-state index in [2.05, 4.69) is 29.9 Å². The van der Waals surface area contributed by atoms with Crippen molar-refractivity contribution in [3.05, 3.63) is 83.2 Å². The number of benzene rings is 1. The molecular formula is C27H36F2N2. The van der Waals surface area contributed by atoms with E-state index in [0.717, 1.165) is 36.0 Å². The van der Waals surface area contributed by atoms with Crippen molar-refractivity contribution in [1.29, 1.82) is 0 Å². The zero-order chi connectivity index (χ0) is 23.1. The third kappa shape index (κ3) is 6.68. The molecule has 0 saturated carbocycles. The third-order valence-electron chi connectivity index (χ3n) is 6.21. The summed E-state index contributed by atoms with van der Waals surface area (Å²) >= 11 is 0. The predicted molar refractivity (Wildman–Crippen MR) is 129 cm³/mol. The second kappa shape index (κ2) is 11.1. The van der Waals surface area contributed by atoms with Crippen molar-refractivity contribution in [3.8, 4) is 0 Å². The van der Waals surface area contributed by atoms with Crippen LogP contribution in [0.4, 0.5) is 8.78 Å². The van der Waals surface area contributed by atoms with Gasteiger partial charge in [0.15, 0.2) is 0 Å². The Bertz CT molecular complexity index is 877. The van der Waals surface area contributed by atoms with Crippen molar-refractivity contribution in [1.82, 2.24) is 9.80 Å². The molecule has 1 aromatic carbocycles. The van der Waals surface area contributed by atoms with Gasteiger partial charge in [0.1, 0.15) is 11.6 Å². The lowest BCUT2D eigenvalue weighted by Gasteiger charge is -2.32. The number of allylic oxidation sites excluding steroid dienone is 5. The van der Waals surface area contributed by atoms with E-state index in [1.807, 2.05) is 39.1 Å². The maximum atomic E-state index is 14.5. The molecule has 0 atom stereocenters. The highest BCUT2D eigenvalue weighted by molar-refractivity contribution is 5.69. The second-order valence-electron chi connectivity index (χ2n) is 8.65. The van der Waals surface area contributed by atoms with Crippen LogP contribution >= 0.6 is 0 Å². The van der Waals surface area contributed by atoms with Gasteiger partial charge in [0.05, 0.1) is 0 Å². The van der Waals surface area contributed by atoms with Crippen molar-refractivity contribution in [2.45, 2.75) is 40.5 Å². The molecule has 1 fully saturated rings. The monoisotopic (exact) mass is 426 g/mol. The first kappa shape index (κ1) is 24.6. The van der Waals surface area contributed by atoms with Gasteiger partial charge in [-0.15, -0.1) is 0 Å². The summed E-state index contributed by atoms with van der Waals surface area (Å²) in [4.78, 5) is 4.41. The van der Waals surface area contributed by atoms with E-state index < -0.39 is 11.6 Å².